The van der Waals surface area contributed by atoms with Crippen LogP contribution in [0.15, 0.2) is 278 Å². The molecule has 2 saturated heterocycles. The number of nitrogens with zero attached hydrogens (tertiary/aromatic N) is 3. The Balaban J connectivity index is 1.11. The second kappa shape index (κ2) is 32.0. The Morgan fingerprint density at radius 3 is 1.02 bits per heavy atom. The van der Waals surface area contributed by atoms with Crippen molar-refractivity contribution in [3.63, 3.8) is 0 Å². The summed E-state index contributed by atoms with van der Waals surface area (Å²) < 4.78 is 73.5. The van der Waals surface area contributed by atoms with Crippen LogP contribution in [-0.4, -0.2) is 124 Å². The first-order valence-electron chi connectivity index (χ1n) is 30.5. The highest BCUT2D eigenvalue weighted by Crippen LogP contribution is 2.43. The predicted molar refractivity (Wildman–Crippen MR) is 342 cm³/mol. The molecule has 20 nitrogen and oxygen atoms in total. The average molecular weight is 1280 g/mol. The van der Waals surface area contributed by atoms with Crippen LogP contribution in [0.4, 0.5) is 0 Å². The van der Waals surface area contributed by atoms with Crippen molar-refractivity contribution in [1.29, 1.82) is 0 Å². The van der Waals surface area contributed by atoms with Crippen molar-refractivity contribution in [3.05, 3.63) is 334 Å². The molecule has 2 aliphatic rings. The minimum Gasteiger partial charge on any atom is -0.459 e. The van der Waals surface area contributed by atoms with E-state index in [4.69, 9.17) is 52.1 Å². The minimum atomic E-state index is -2.11. The van der Waals surface area contributed by atoms with Gasteiger partial charge in [-0.3, -0.25) is 0 Å². The molecule has 0 aromatic heterocycles. The van der Waals surface area contributed by atoms with Crippen molar-refractivity contribution >= 4 is 35.8 Å². The zero-order valence-corrected chi connectivity index (χ0v) is 50.9. The van der Waals surface area contributed by atoms with Crippen LogP contribution in [0.2, 0.25) is 0 Å². The van der Waals surface area contributed by atoms with Gasteiger partial charge in [-0.25, -0.2) is 28.8 Å². The van der Waals surface area contributed by atoms with Gasteiger partial charge < -0.3 is 52.1 Å². The van der Waals surface area contributed by atoms with Crippen molar-refractivity contribution in [2.45, 2.75) is 67.0 Å². The second-order valence-corrected chi connectivity index (χ2v) is 21.7. The zero-order valence-electron chi connectivity index (χ0n) is 50.9. The molecule has 0 amide bonds. The van der Waals surface area contributed by atoms with Gasteiger partial charge in [-0.1, -0.05) is 205 Å². The molecular formula is C75H63N3O17. The van der Waals surface area contributed by atoms with Crippen molar-refractivity contribution in [2.75, 3.05) is 26.4 Å². The van der Waals surface area contributed by atoms with Gasteiger partial charge in [-0.2, -0.15) is 0 Å². The number of carbonyl (C=O) groups excluding carboxylic acids is 6. The topological polar surface area (TPSA) is 253 Å². The lowest BCUT2D eigenvalue weighted by atomic mass is 9.80. The Bertz CT molecular complexity index is 3940. The average Bonchev–Trinajstić information content (AvgIpc) is 0.765. The predicted octanol–water partition coefficient (Wildman–Crippen LogP) is 12.1. The van der Waals surface area contributed by atoms with Crippen molar-refractivity contribution in [2.24, 2.45) is 5.11 Å². The van der Waals surface area contributed by atoms with E-state index in [1.165, 1.54) is 72.8 Å². The number of hydrogen-bond donors (Lipinski definition) is 0. The highest BCUT2D eigenvalue weighted by atomic mass is 16.8. The molecule has 2 heterocycles. The van der Waals surface area contributed by atoms with E-state index in [9.17, 15) is 29.5 Å². The fourth-order valence-electron chi connectivity index (χ4n) is 11.1. The molecule has 480 valence electrons. The summed E-state index contributed by atoms with van der Waals surface area (Å²) >= 11 is 0. The van der Waals surface area contributed by atoms with Crippen LogP contribution < -0.4 is 0 Å². The van der Waals surface area contributed by atoms with E-state index < -0.39 is 116 Å². The van der Waals surface area contributed by atoms with E-state index in [0.29, 0.717) is 16.7 Å². The van der Waals surface area contributed by atoms with E-state index in [2.05, 4.69) is 10.0 Å². The smallest absolute Gasteiger partial charge is 0.338 e. The van der Waals surface area contributed by atoms with Crippen LogP contribution in [0.1, 0.15) is 78.8 Å². The molecule has 0 spiro atoms. The molecule has 0 radical (unpaired) electrons. The number of azide groups is 1. The molecule has 2 aliphatic heterocycles. The number of esters is 6. The van der Waals surface area contributed by atoms with Crippen LogP contribution in [0.5, 0.6) is 0 Å². The highest BCUT2D eigenvalue weighted by Gasteiger charge is 2.59. The summed E-state index contributed by atoms with van der Waals surface area (Å²) in [5, 5.41) is 3.68. The van der Waals surface area contributed by atoms with Gasteiger partial charge in [0.2, 0.25) is 0 Å². The fourth-order valence-corrected chi connectivity index (χ4v) is 11.1. The van der Waals surface area contributed by atoms with Crippen LogP contribution >= 0.6 is 0 Å². The first kappa shape index (κ1) is 65.4. The van der Waals surface area contributed by atoms with Gasteiger partial charge in [0, 0.05) is 11.5 Å². The number of hydrogen-bond acceptors (Lipinski definition) is 18. The maximum atomic E-state index is 15.1. The Hall–Kier alpha value is -11.1. The Labute approximate surface area is 546 Å². The monoisotopic (exact) mass is 1280 g/mol. The molecule has 0 bridgehead atoms. The van der Waals surface area contributed by atoms with Gasteiger partial charge in [0.1, 0.15) is 30.5 Å². The van der Waals surface area contributed by atoms with Crippen LogP contribution in [0.25, 0.3) is 10.4 Å². The lowest BCUT2D eigenvalue weighted by molar-refractivity contribution is -0.358. The van der Waals surface area contributed by atoms with E-state index in [0.717, 1.165) is 0 Å². The standard InChI is InChI=1S/C75H63N3O17/c76-78-77-46-47-85-73-65(93-71(83)54-36-18-5-19-37-54)64(62(91-69(81)52-32-14-3-15-33-52)60(88-73)49-87-75(56-40-22-7-23-41-56,57-42-24-8-25-43-57)58-44-26-9-27-45-58)95-74-66(94-72(84)55-38-20-6-21-39-55)63(92-70(82)53-34-16-4-17-35-53)61(90-68(80)51-30-12-2-13-31-51)59(89-74)48-86-67(79)50-28-10-1-11-29-50/h1-45,59-66,73-74H,46-49H2/t59-,60-,61-,62-,63+,64+,65+,66+,73+,74+/m1/s1. The molecule has 20 heteroatoms. The van der Waals surface area contributed by atoms with Crippen LogP contribution in [-0.2, 0) is 57.7 Å². The zero-order chi connectivity index (χ0) is 65.8. The van der Waals surface area contributed by atoms with E-state index in [-0.39, 0.29) is 46.5 Å². The third kappa shape index (κ3) is 16.0. The Morgan fingerprint density at radius 2 is 0.653 bits per heavy atom. The maximum Gasteiger partial charge on any atom is 0.338 e. The number of ether oxygens (including phenoxy) is 11. The van der Waals surface area contributed by atoms with Crippen molar-refractivity contribution in [3.8, 4) is 0 Å². The summed E-state index contributed by atoms with van der Waals surface area (Å²) in [4.78, 5) is 91.2. The second-order valence-electron chi connectivity index (χ2n) is 21.7. The summed E-state index contributed by atoms with van der Waals surface area (Å²) in [6.45, 7) is -1.87. The lowest BCUT2D eigenvalue weighted by Crippen LogP contribution is -2.67. The van der Waals surface area contributed by atoms with Gasteiger partial charge in [0.15, 0.2) is 43.1 Å². The summed E-state index contributed by atoms with van der Waals surface area (Å²) in [5.41, 5.74) is 10.3. The first-order chi connectivity index (χ1) is 46.6. The summed E-state index contributed by atoms with van der Waals surface area (Å²) in [7, 11) is 0. The van der Waals surface area contributed by atoms with Gasteiger partial charge in [-0.05, 0) is 95.0 Å². The third-order valence-corrected chi connectivity index (χ3v) is 15.7. The molecule has 95 heavy (non-hydrogen) atoms. The van der Waals surface area contributed by atoms with Gasteiger partial charge in [-0.15, -0.1) is 0 Å². The van der Waals surface area contributed by atoms with E-state index in [1.54, 1.807) is 109 Å². The minimum absolute atomic E-state index is 0.00373. The van der Waals surface area contributed by atoms with Crippen LogP contribution in [0, 0.1) is 0 Å². The lowest BCUT2D eigenvalue weighted by Gasteiger charge is -2.49. The molecule has 0 N–H and O–H groups in total. The molecule has 9 aromatic carbocycles. The Morgan fingerprint density at radius 1 is 0.358 bits per heavy atom. The molecule has 10 atom stereocenters. The van der Waals surface area contributed by atoms with Gasteiger partial charge in [0.05, 0.1) is 46.6 Å². The van der Waals surface area contributed by atoms with E-state index >= 15 is 4.79 Å². The fraction of sp³-hybridized carbons (Fsp3) is 0.200. The first-order valence-corrected chi connectivity index (χ1v) is 30.5. The largest absolute Gasteiger partial charge is 0.459 e. The SMILES string of the molecule is [N-]=[N+]=NCCO[C@H]1O[C@H](COC(c2ccccc2)(c2ccccc2)c2ccccc2)[C@@H](OC(=O)c2ccccc2)[C@H](O[C@@H]2O[C@H](COC(=O)c3ccccc3)[C@@H](OC(=O)c3ccccc3)[C@H](OC(=O)c3ccccc3)[C@@H]2OC(=O)c2ccccc2)[C@@H]1OC(=O)c1ccccc1. The molecule has 9 aromatic rings. The van der Waals surface area contributed by atoms with Crippen molar-refractivity contribution in [1.82, 2.24) is 0 Å². The molecule has 0 saturated carbocycles. The number of rotatable bonds is 25. The number of carbonyl (C=O) groups is 6. The molecular weight excluding hydrogens is 1210 g/mol. The normalized spacial score (nSPS) is 20.7. The molecule has 11 rings (SSSR count). The molecule has 0 aliphatic carbocycles. The summed E-state index contributed by atoms with van der Waals surface area (Å²) in [5.74, 6) is -5.72. The van der Waals surface area contributed by atoms with Crippen LogP contribution in [0.3, 0.4) is 0 Å². The third-order valence-electron chi connectivity index (χ3n) is 15.7. The van der Waals surface area contributed by atoms with Gasteiger partial charge in [0.25, 0.3) is 0 Å². The Kier molecular flexibility index (Phi) is 22.0. The quantitative estimate of drug-likeness (QED) is 0.00980. The van der Waals surface area contributed by atoms with E-state index in [1.807, 2.05) is 91.0 Å². The maximum absolute atomic E-state index is 15.1. The highest BCUT2D eigenvalue weighted by molar-refractivity contribution is 5.92. The molecule has 0 unspecified atom stereocenters. The summed E-state index contributed by atoms with van der Waals surface area (Å²) in [6.07, 6.45) is -18.4. The van der Waals surface area contributed by atoms with Gasteiger partial charge >= 0.3 is 35.8 Å². The molecule has 2 fully saturated rings. The van der Waals surface area contributed by atoms with Crippen molar-refractivity contribution < 1.29 is 80.9 Å². The number of benzene rings is 9. The summed E-state index contributed by atoms with van der Waals surface area (Å²) in [6, 6.07) is 75.4.